The lowest BCUT2D eigenvalue weighted by Crippen LogP contribution is -2.26. The number of ether oxygens (including phenoxy) is 1. The Bertz CT molecular complexity index is 1230. The number of esters is 1. The van der Waals surface area contributed by atoms with E-state index in [1.807, 2.05) is 61.5 Å². The molecule has 4 rings (SSSR count). The molecule has 0 unspecified atom stereocenters. The van der Waals surface area contributed by atoms with Crippen molar-refractivity contribution in [3.63, 3.8) is 0 Å². The van der Waals surface area contributed by atoms with Gasteiger partial charge in [-0.1, -0.05) is 0 Å². The van der Waals surface area contributed by atoms with E-state index in [1.54, 1.807) is 35.5 Å². The van der Waals surface area contributed by atoms with E-state index in [-0.39, 0.29) is 5.91 Å². The molecule has 0 bridgehead atoms. The first kappa shape index (κ1) is 20.2. The molecule has 0 atom stereocenters. The van der Waals surface area contributed by atoms with Crippen LogP contribution in [0.2, 0.25) is 0 Å². The van der Waals surface area contributed by atoms with Gasteiger partial charge in [0.1, 0.15) is 0 Å². The van der Waals surface area contributed by atoms with Crippen LogP contribution < -0.4 is 9.80 Å². The van der Waals surface area contributed by atoms with E-state index in [9.17, 15) is 9.59 Å². The van der Waals surface area contributed by atoms with Crippen LogP contribution in [0.25, 0.3) is 11.0 Å². The Hall–Kier alpha value is -4.13. The molecule has 7 nitrogen and oxygen atoms in total. The maximum absolute atomic E-state index is 13.6. The molecule has 0 aliphatic rings. The number of nitrogens with one attached hydrogen (secondary N) is 1. The van der Waals surface area contributed by atoms with Gasteiger partial charge in [-0.3, -0.25) is 9.69 Å². The molecule has 1 N–H and O–H groups in total. The number of methoxy groups -OCH3 is 1. The summed E-state index contributed by atoms with van der Waals surface area (Å²) < 4.78 is 4.74. The maximum Gasteiger partial charge on any atom is 0.337 e. The first-order valence-electron chi connectivity index (χ1n) is 9.71. The van der Waals surface area contributed by atoms with E-state index < -0.39 is 5.97 Å². The van der Waals surface area contributed by atoms with Crippen LogP contribution in [0.5, 0.6) is 0 Å². The minimum Gasteiger partial charge on any atom is -0.465 e. The van der Waals surface area contributed by atoms with Crippen molar-refractivity contribution in [2.45, 2.75) is 0 Å². The van der Waals surface area contributed by atoms with Gasteiger partial charge in [0.2, 0.25) is 0 Å². The number of carbonyl (C=O) groups is 2. The Morgan fingerprint density at radius 1 is 0.839 bits per heavy atom. The van der Waals surface area contributed by atoms with Gasteiger partial charge in [-0.2, -0.15) is 0 Å². The van der Waals surface area contributed by atoms with E-state index in [1.165, 1.54) is 7.11 Å². The number of imidazole rings is 1. The second kappa shape index (κ2) is 8.31. The highest BCUT2D eigenvalue weighted by atomic mass is 16.5. The third-order valence-corrected chi connectivity index (χ3v) is 5.04. The van der Waals surface area contributed by atoms with Gasteiger partial charge < -0.3 is 14.6 Å². The van der Waals surface area contributed by atoms with Gasteiger partial charge in [0.25, 0.3) is 5.91 Å². The molecule has 0 spiro atoms. The first-order chi connectivity index (χ1) is 15.0. The van der Waals surface area contributed by atoms with Crippen LogP contribution in [-0.2, 0) is 4.74 Å². The Morgan fingerprint density at radius 3 is 2.10 bits per heavy atom. The molecule has 4 aromatic rings. The quantitative estimate of drug-likeness (QED) is 0.490. The fourth-order valence-corrected chi connectivity index (χ4v) is 3.34. The topological polar surface area (TPSA) is 78.5 Å². The SMILES string of the molecule is COC(=O)c1ccc(C(=O)N(c2ccc(N(C)C)cc2)c2ccc3nc[nH]c3c2)cc1. The summed E-state index contributed by atoms with van der Waals surface area (Å²) in [7, 11) is 5.26. The predicted octanol–water partition coefficient (Wildman–Crippen LogP) is 4.39. The highest BCUT2D eigenvalue weighted by Gasteiger charge is 2.21. The van der Waals surface area contributed by atoms with E-state index in [4.69, 9.17) is 4.74 Å². The zero-order valence-electron chi connectivity index (χ0n) is 17.5. The van der Waals surface area contributed by atoms with Crippen LogP contribution in [0.4, 0.5) is 17.1 Å². The number of carbonyl (C=O) groups excluding carboxylic acids is 2. The smallest absolute Gasteiger partial charge is 0.337 e. The number of hydrogen-bond donors (Lipinski definition) is 1. The number of benzene rings is 3. The fourth-order valence-electron chi connectivity index (χ4n) is 3.34. The third-order valence-electron chi connectivity index (χ3n) is 5.04. The zero-order chi connectivity index (χ0) is 22.0. The van der Waals surface area contributed by atoms with Crippen LogP contribution in [0, 0.1) is 0 Å². The summed E-state index contributed by atoms with van der Waals surface area (Å²) in [6, 6.07) is 19.8. The zero-order valence-corrected chi connectivity index (χ0v) is 17.5. The van der Waals surface area contributed by atoms with Crippen molar-refractivity contribution in [3.05, 3.63) is 84.2 Å². The summed E-state index contributed by atoms with van der Waals surface area (Å²) >= 11 is 0. The molecule has 0 saturated heterocycles. The van der Waals surface area contributed by atoms with Gasteiger partial charge in [0, 0.05) is 31.0 Å². The first-order valence-corrected chi connectivity index (χ1v) is 9.71. The second-order valence-electron chi connectivity index (χ2n) is 7.22. The molecule has 0 fully saturated rings. The van der Waals surface area contributed by atoms with Gasteiger partial charge in [-0.25, -0.2) is 9.78 Å². The molecule has 31 heavy (non-hydrogen) atoms. The number of H-pyrrole nitrogens is 1. The summed E-state index contributed by atoms with van der Waals surface area (Å²) in [6.45, 7) is 0. The summed E-state index contributed by atoms with van der Waals surface area (Å²) in [5.74, 6) is -0.660. The van der Waals surface area contributed by atoms with Crippen molar-refractivity contribution in [2.24, 2.45) is 0 Å². The van der Waals surface area contributed by atoms with Crippen molar-refractivity contribution in [1.29, 1.82) is 0 Å². The van der Waals surface area contributed by atoms with Crippen molar-refractivity contribution in [3.8, 4) is 0 Å². The molecule has 1 heterocycles. The largest absolute Gasteiger partial charge is 0.465 e. The Kier molecular flexibility index (Phi) is 5.41. The number of hydrogen-bond acceptors (Lipinski definition) is 5. The number of rotatable bonds is 5. The van der Waals surface area contributed by atoms with Crippen LogP contribution >= 0.6 is 0 Å². The molecule has 0 aliphatic heterocycles. The van der Waals surface area contributed by atoms with E-state index in [2.05, 4.69) is 9.97 Å². The number of aromatic amines is 1. The van der Waals surface area contributed by atoms with Crippen molar-refractivity contribution in [1.82, 2.24) is 9.97 Å². The van der Waals surface area contributed by atoms with Gasteiger partial charge in [-0.15, -0.1) is 0 Å². The molecule has 0 radical (unpaired) electrons. The lowest BCUT2D eigenvalue weighted by molar-refractivity contribution is 0.0600. The summed E-state index contributed by atoms with van der Waals surface area (Å²) in [5.41, 5.74) is 4.96. The number of aromatic nitrogens is 2. The van der Waals surface area contributed by atoms with Crippen LogP contribution in [0.15, 0.2) is 73.1 Å². The van der Waals surface area contributed by atoms with Gasteiger partial charge in [0.05, 0.1) is 35.7 Å². The Labute approximate surface area is 179 Å². The minimum absolute atomic E-state index is 0.215. The van der Waals surface area contributed by atoms with Crippen molar-refractivity contribution in [2.75, 3.05) is 31.0 Å². The van der Waals surface area contributed by atoms with Gasteiger partial charge >= 0.3 is 5.97 Å². The van der Waals surface area contributed by atoms with Crippen molar-refractivity contribution >= 4 is 40.0 Å². The lowest BCUT2D eigenvalue weighted by Gasteiger charge is -2.24. The average Bonchev–Trinajstić information content (AvgIpc) is 3.27. The highest BCUT2D eigenvalue weighted by Crippen LogP contribution is 2.31. The Balaban J connectivity index is 1.77. The molecule has 0 aliphatic carbocycles. The number of amides is 1. The highest BCUT2D eigenvalue weighted by molar-refractivity contribution is 6.11. The lowest BCUT2D eigenvalue weighted by atomic mass is 10.1. The molecule has 3 aromatic carbocycles. The van der Waals surface area contributed by atoms with Gasteiger partial charge in [-0.05, 0) is 66.7 Å². The standard InChI is InChI=1S/C24H22N4O3/c1-27(2)18-8-10-19(11-9-18)28(20-12-13-21-22(14-20)26-15-25-21)23(29)16-4-6-17(7-5-16)24(30)31-3/h4-15H,1-3H3,(H,25,26). The molecule has 1 amide bonds. The second-order valence-corrected chi connectivity index (χ2v) is 7.22. The van der Waals surface area contributed by atoms with Crippen LogP contribution in [-0.4, -0.2) is 43.0 Å². The van der Waals surface area contributed by atoms with E-state index in [0.29, 0.717) is 16.8 Å². The third kappa shape index (κ3) is 3.98. The summed E-state index contributed by atoms with van der Waals surface area (Å²) in [4.78, 5) is 36.3. The molecule has 156 valence electrons. The molecular formula is C24H22N4O3. The number of anilines is 3. The Morgan fingerprint density at radius 2 is 1.45 bits per heavy atom. The van der Waals surface area contributed by atoms with E-state index in [0.717, 1.165) is 22.4 Å². The fraction of sp³-hybridized carbons (Fsp3) is 0.125. The summed E-state index contributed by atoms with van der Waals surface area (Å²) in [6.07, 6.45) is 1.62. The number of fused-ring (bicyclic) bond motifs is 1. The van der Waals surface area contributed by atoms with Gasteiger partial charge in [0.15, 0.2) is 0 Å². The monoisotopic (exact) mass is 414 g/mol. The summed E-state index contributed by atoms with van der Waals surface area (Å²) in [5, 5.41) is 0. The molecular weight excluding hydrogens is 392 g/mol. The van der Waals surface area contributed by atoms with E-state index >= 15 is 0 Å². The molecule has 1 aromatic heterocycles. The number of nitrogens with zero attached hydrogens (tertiary/aromatic N) is 3. The van der Waals surface area contributed by atoms with Crippen LogP contribution in [0.1, 0.15) is 20.7 Å². The van der Waals surface area contributed by atoms with Crippen molar-refractivity contribution < 1.29 is 14.3 Å². The maximum atomic E-state index is 13.6. The minimum atomic E-state index is -0.445. The van der Waals surface area contributed by atoms with Crippen LogP contribution in [0.3, 0.4) is 0 Å². The average molecular weight is 414 g/mol. The predicted molar refractivity (Wildman–Crippen MR) is 121 cm³/mol. The molecule has 0 saturated carbocycles. The molecule has 7 heteroatoms. The normalized spacial score (nSPS) is 10.7.